The first-order valence-electron chi connectivity index (χ1n) is 5.84. The highest BCUT2D eigenvalue weighted by Crippen LogP contribution is 2.08. The predicted octanol–water partition coefficient (Wildman–Crippen LogP) is 1.37. The normalized spacial score (nSPS) is 18.1. The van der Waals surface area contributed by atoms with Crippen molar-refractivity contribution in [2.75, 3.05) is 26.2 Å². The van der Waals surface area contributed by atoms with Gasteiger partial charge in [0.25, 0.3) is 0 Å². The highest BCUT2D eigenvalue weighted by Gasteiger charge is 2.15. The van der Waals surface area contributed by atoms with E-state index in [4.69, 9.17) is 15.1 Å². The molecule has 1 N–H and O–H groups in total. The molecule has 0 spiro atoms. The fourth-order valence-corrected chi connectivity index (χ4v) is 1.80. The zero-order valence-corrected chi connectivity index (χ0v) is 10.1. The van der Waals surface area contributed by atoms with Crippen molar-refractivity contribution >= 4 is 5.97 Å². The van der Waals surface area contributed by atoms with Crippen molar-refractivity contribution in [1.29, 1.82) is 5.26 Å². The van der Waals surface area contributed by atoms with E-state index in [1.54, 1.807) is 6.07 Å². The first-order chi connectivity index (χ1) is 8.15. The zero-order valence-electron chi connectivity index (χ0n) is 10.1. The predicted molar refractivity (Wildman–Crippen MR) is 62.2 cm³/mol. The number of aliphatic hydroxyl groups is 1. The van der Waals surface area contributed by atoms with E-state index in [1.165, 1.54) is 26.2 Å². The quantitative estimate of drug-likeness (QED) is 0.346. The monoisotopic (exact) mass is 238 g/mol. The van der Waals surface area contributed by atoms with Gasteiger partial charge < -0.3 is 9.84 Å². The van der Waals surface area contributed by atoms with Gasteiger partial charge in [-0.25, -0.2) is 4.79 Å². The molecular weight excluding hydrogens is 220 g/mol. The van der Waals surface area contributed by atoms with Crippen LogP contribution in [0.25, 0.3) is 0 Å². The maximum Gasteiger partial charge on any atom is 0.352 e. The molecule has 5 nitrogen and oxygen atoms in total. The Balaban J connectivity index is 2.29. The molecule has 1 fully saturated rings. The van der Waals surface area contributed by atoms with Crippen LogP contribution in [0.3, 0.4) is 0 Å². The molecular formula is C12H18N2O3. The van der Waals surface area contributed by atoms with E-state index >= 15 is 0 Å². The molecule has 94 valence electrons. The molecule has 0 atom stereocenters. The number of hydrogen-bond acceptors (Lipinski definition) is 5. The Kier molecular flexibility index (Phi) is 5.50. The Morgan fingerprint density at radius 1 is 1.41 bits per heavy atom. The molecule has 0 aromatic carbocycles. The summed E-state index contributed by atoms with van der Waals surface area (Å²) in [4.78, 5) is 13.6. The summed E-state index contributed by atoms with van der Waals surface area (Å²) in [5.41, 5.74) is -0.316. The third-order valence-corrected chi connectivity index (χ3v) is 2.77. The molecule has 0 saturated carbocycles. The van der Waals surface area contributed by atoms with Crippen molar-refractivity contribution in [3.8, 4) is 6.07 Å². The molecule has 1 heterocycles. The molecule has 1 aliphatic heterocycles. The van der Waals surface area contributed by atoms with E-state index in [0.717, 1.165) is 13.1 Å². The number of hydrogen-bond donors (Lipinski definition) is 1. The number of ether oxygens (including phenoxy) is 1. The van der Waals surface area contributed by atoms with E-state index in [1.807, 2.05) is 0 Å². The van der Waals surface area contributed by atoms with Gasteiger partial charge in [0.2, 0.25) is 0 Å². The number of allylic oxidation sites excluding steroid dienone is 1. The number of nitriles is 1. The average molecular weight is 238 g/mol. The largest absolute Gasteiger partial charge is 0.511 e. The molecule has 17 heavy (non-hydrogen) atoms. The van der Waals surface area contributed by atoms with Gasteiger partial charge in [0.15, 0.2) is 5.57 Å². The van der Waals surface area contributed by atoms with Gasteiger partial charge in [0.1, 0.15) is 18.4 Å². The summed E-state index contributed by atoms with van der Waals surface area (Å²) < 4.78 is 4.94. The molecule has 0 unspecified atom stereocenters. The maximum atomic E-state index is 11.4. The number of esters is 1. The van der Waals surface area contributed by atoms with Crippen LogP contribution in [0.1, 0.15) is 26.2 Å². The lowest BCUT2D eigenvalue weighted by Gasteiger charge is -2.25. The van der Waals surface area contributed by atoms with E-state index in [0.29, 0.717) is 6.54 Å². The summed E-state index contributed by atoms with van der Waals surface area (Å²) in [6.07, 6.45) is 3.64. The number of likely N-dealkylation sites (tertiary alicyclic amines) is 1. The molecule has 0 radical (unpaired) electrons. The lowest BCUT2D eigenvalue weighted by atomic mass is 10.1. The minimum Gasteiger partial charge on any atom is -0.511 e. The molecule has 0 amide bonds. The van der Waals surface area contributed by atoms with Crippen molar-refractivity contribution < 1.29 is 14.6 Å². The van der Waals surface area contributed by atoms with Crippen LogP contribution in [0.2, 0.25) is 0 Å². The van der Waals surface area contributed by atoms with Gasteiger partial charge in [0.05, 0.1) is 0 Å². The second kappa shape index (κ2) is 6.92. The minimum atomic E-state index is -0.746. The van der Waals surface area contributed by atoms with Crippen molar-refractivity contribution in [1.82, 2.24) is 4.90 Å². The minimum absolute atomic E-state index is 0.261. The van der Waals surface area contributed by atoms with Gasteiger partial charge in [-0.05, 0) is 32.9 Å². The summed E-state index contributed by atoms with van der Waals surface area (Å²) >= 11 is 0. The highest BCUT2D eigenvalue weighted by molar-refractivity contribution is 5.93. The van der Waals surface area contributed by atoms with E-state index in [-0.39, 0.29) is 17.9 Å². The van der Waals surface area contributed by atoms with E-state index in [9.17, 15) is 4.79 Å². The second-order valence-corrected chi connectivity index (χ2v) is 4.11. The second-order valence-electron chi connectivity index (χ2n) is 4.11. The summed E-state index contributed by atoms with van der Waals surface area (Å²) in [6, 6.07) is 1.63. The third-order valence-electron chi connectivity index (χ3n) is 2.77. The topological polar surface area (TPSA) is 73.6 Å². The Hall–Kier alpha value is -1.54. The summed E-state index contributed by atoms with van der Waals surface area (Å²) in [6.45, 7) is 4.33. The van der Waals surface area contributed by atoms with Crippen molar-refractivity contribution in [3.05, 3.63) is 11.3 Å². The molecule has 1 rings (SSSR count). The molecule has 5 heteroatoms. The summed E-state index contributed by atoms with van der Waals surface area (Å²) in [5.74, 6) is -1.04. The van der Waals surface area contributed by atoms with E-state index < -0.39 is 5.97 Å². The third kappa shape index (κ3) is 4.45. The Labute approximate surface area is 101 Å². The van der Waals surface area contributed by atoms with E-state index in [2.05, 4.69) is 4.90 Å². The lowest BCUT2D eigenvalue weighted by Crippen LogP contribution is -2.33. The standard InChI is InChI=1S/C12H18N2O3/c1-10(15)11(9-13)12(16)17-8-7-14-5-3-2-4-6-14/h15H,2-8H2,1H3/b11-10-. The number of carbonyl (C=O) groups excluding carboxylic acids is 1. The number of piperidine rings is 1. The van der Waals surface area contributed by atoms with Crippen LogP contribution in [-0.4, -0.2) is 42.2 Å². The molecule has 0 aromatic rings. The first-order valence-corrected chi connectivity index (χ1v) is 5.84. The van der Waals surface area contributed by atoms with Gasteiger partial charge in [0, 0.05) is 6.54 Å². The number of nitrogens with zero attached hydrogens (tertiary/aromatic N) is 2. The van der Waals surface area contributed by atoms with Crippen LogP contribution >= 0.6 is 0 Å². The van der Waals surface area contributed by atoms with Crippen LogP contribution in [0.5, 0.6) is 0 Å². The fourth-order valence-electron chi connectivity index (χ4n) is 1.80. The van der Waals surface area contributed by atoms with Crippen LogP contribution in [-0.2, 0) is 9.53 Å². The Morgan fingerprint density at radius 2 is 2.06 bits per heavy atom. The summed E-state index contributed by atoms with van der Waals surface area (Å²) in [7, 11) is 0. The van der Waals surface area contributed by atoms with Gasteiger partial charge in [-0.2, -0.15) is 5.26 Å². The number of carbonyl (C=O) groups is 1. The summed E-state index contributed by atoms with van der Waals surface area (Å²) in [5, 5.41) is 17.7. The van der Waals surface area contributed by atoms with Crippen LogP contribution in [0, 0.1) is 11.3 Å². The highest BCUT2D eigenvalue weighted by atomic mass is 16.5. The Bertz CT molecular complexity index is 334. The number of aliphatic hydroxyl groups excluding tert-OH is 1. The first kappa shape index (κ1) is 13.5. The molecule has 0 bridgehead atoms. The van der Waals surface area contributed by atoms with Crippen LogP contribution in [0.4, 0.5) is 0 Å². The molecule has 0 aromatic heterocycles. The van der Waals surface area contributed by atoms with Gasteiger partial charge >= 0.3 is 5.97 Å². The maximum absolute atomic E-state index is 11.4. The fraction of sp³-hybridized carbons (Fsp3) is 0.667. The van der Waals surface area contributed by atoms with Crippen molar-refractivity contribution in [2.45, 2.75) is 26.2 Å². The zero-order chi connectivity index (χ0) is 12.7. The lowest BCUT2D eigenvalue weighted by molar-refractivity contribution is -0.139. The van der Waals surface area contributed by atoms with Crippen LogP contribution in [0.15, 0.2) is 11.3 Å². The average Bonchev–Trinajstić information content (AvgIpc) is 2.30. The smallest absolute Gasteiger partial charge is 0.352 e. The van der Waals surface area contributed by atoms with Gasteiger partial charge in [-0.1, -0.05) is 6.42 Å². The van der Waals surface area contributed by atoms with Crippen LogP contribution < -0.4 is 0 Å². The van der Waals surface area contributed by atoms with Gasteiger partial charge in [-0.3, -0.25) is 4.90 Å². The van der Waals surface area contributed by atoms with Crippen molar-refractivity contribution in [3.63, 3.8) is 0 Å². The van der Waals surface area contributed by atoms with Crippen molar-refractivity contribution in [2.24, 2.45) is 0 Å². The molecule has 0 aliphatic carbocycles. The SMILES string of the molecule is C/C(O)=C(\C#N)C(=O)OCCN1CCCCC1. The Morgan fingerprint density at radius 3 is 2.59 bits per heavy atom. The van der Waals surface area contributed by atoms with Gasteiger partial charge in [-0.15, -0.1) is 0 Å². The number of rotatable bonds is 4. The molecule has 1 saturated heterocycles. The molecule has 1 aliphatic rings.